The molecular formula is C118H166F6N20O4. The number of likely N-dealkylation sites (tertiary alicyclic amines) is 2. The predicted octanol–water partition coefficient (Wildman–Crippen LogP) is 22.1. The van der Waals surface area contributed by atoms with Gasteiger partial charge in [-0.15, -0.1) is 0 Å². The first-order valence-electron chi connectivity index (χ1n) is 54.7. The Morgan fingerprint density at radius 3 is 0.959 bits per heavy atom. The van der Waals surface area contributed by atoms with Crippen LogP contribution < -0.4 is 21.3 Å². The molecular weight excluding hydrogens is 1880 g/mol. The first-order valence-corrected chi connectivity index (χ1v) is 54.7. The van der Waals surface area contributed by atoms with Gasteiger partial charge in [-0.1, -0.05) is 133 Å². The molecule has 0 saturated carbocycles. The number of carbonyl (C=O) groups excluding carboxylic acids is 4. The van der Waals surface area contributed by atoms with Gasteiger partial charge in [-0.3, -0.25) is 19.2 Å². The second-order valence-electron chi connectivity index (χ2n) is 40.5. The normalized spacial score (nSPS) is 13.9. The molecule has 2 aliphatic heterocycles. The van der Waals surface area contributed by atoms with Crippen molar-refractivity contribution in [1.29, 1.82) is 0 Å². The highest BCUT2D eigenvalue weighted by Crippen LogP contribution is 2.30. The van der Waals surface area contributed by atoms with E-state index in [4.69, 9.17) is 19.9 Å². The van der Waals surface area contributed by atoms with E-state index >= 15 is 0 Å². The van der Waals surface area contributed by atoms with Crippen molar-refractivity contribution in [3.8, 4) is 0 Å². The smallest absolute Gasteiger partial charge is 0.257 e. The molecule has 804 valence electrons. The Bertz CT molecular complexity index is 6170. The maximum atomic E-state index is 14.5. The van der Waals surface area contributed by atoms with E-state index in [9.17, 15) is 45.5 Å². The molecule has 2 saturated heterocycles. The number of aryl methyl sites for hydroxylation is 4. The zero-order chi connectivity index (χ0) is 106. The largest absolute Gasteiger partial charge is 0.331 e. The SMILES string of the molecule is CCCN(Cc1nc2cc(CNCCCN(CC)CC)ccc2n1CCC)C(=O)c1cc(F)ccc1F.CCCN(Cc1nc2cc(CNCCCN(CC)CC)ccc2n1CCC)C(=O)c1cccc(F)c1.CCCn1c(CN(CC(C)C)C(=O)c2cc(F)ccc2F)nc2cc(CNCCC3CCCN3C)ccc21.CCCn1c(CN(CC(C)C)C(=O)c2cccc(F)c2)nc2cc(CNCCC3CCCN3C)ccc21. The van der Waals surface area contributed by atoms with Crippen molar-refractivity contribution in [2.45, 2.75) is 277 Å². The molecule has 6 heterocycles. The molecule has 0 aliphatic carbocycles. The summed E-state index contributed by atoms with van der Waals surface area (Å²) >= 11 is 0. The Morgan fingerprint density at radius 2 is 0.655 bits per heavy atom. The molecule has 2 aliphatic rings. The van der Waals surface area contributed by atoms with Crippen LogP contribution in [-0.4, -0.2) is 232 Å². The van der Waals surface area contributed by atoms with Crippen LogP contribution in [0.2, 0.25) is 0 Å². The fourth-order valence-electron chi connectivity index (χ4n) is 20.1. The highest BCUT2D eigenvalue weighted by molar-refractivity contribution is 5.96. The Morgan fingerprint density at radius 1 is 0.351 bits per heavy atom. The minimum atomic E-state index is -0.719. The van der Waals surface area contributed by atoms with Gasteiger partial charge in [-0.2, -0.15) is 0 Å². The average molecular weight is 2040 g/mol. The third kappa shape index (κ3) is 33.9. The number of nitrogens with one attached hydrogen (secondary N) is 4. The maximum Gasteiger partial charge on any atom is 0.257 e. The maximum absolute atomic E-state index is 14.5. The van der Waals surface area contributed by atoms with Crippen molar-refractivity contribution in [2.24, 2.45) is 11.8 Å². The Kier molecular flexibility index (Phi) is 47.4. The van der Waals surface area contributed by atoms with Crippen molar-refractivity contribution >= 4 is 67.8 Å². The van der Waals surface area contributed by atoms with E-state index in [-0.39, 0.29) is 47.9 Å². The first-order chi connectivity index (χ1) is 71.5. The number of aromatic nitrogens is 8. The van der Waals surface area contributed by atoms with Crippen LogP contribution in [-0.2, 0) is 78.5 Å². The number of rotatable bonds is 54. The topological polar surface area (TPSA) is 214 Å². The molecule has 12 aromatic rings. The van der Waals surface area contributed by atoms with Crippen LogP contribution in [0.3, 0.4) is 0 Å². The monoisotopic (exact) mass is 2040 g/mol. The van der Waals surface area contributed by atoms with E-state index in [2.05, 4.69) is 215 Å². The van der Waals surface area contributed by atoms with Crippen molar-refractivity contribution in [1.82, 2.24) is 98.7 Å². The molecule has 148 heavy (non-hydrogen) atoms. The summed E-state index contributed by atoms with van der Waals surface area (Å²) in [6, 6.07) is 44.9. The van der Waals surface area contributed by atoms with Gasteiger partial charge in [0.05, 0.1) is 81.4 Å². The fourth-order valence-corrected chi connectivity index (χ4v) is 20.1. The summed E-state index contributed by atoms with van der Waals surface area (Å²) in [7, 11) is 4.43. The molecule has 4 N–H and O–H groups in total. The molecule has 14 rings (SSSR count). The van der Waals surface area contributed by atoms with E-state index in [1.807, 2.05) is 27.7 Å². The number of fused-ring (bicyclic) bond motifs is 4. The van der Waals surface area contributed by atoms with Gasteiger partial charge >= 0.3 is 0 Å². The van der Waals surface area contributed by atoms with Gasteiger partial charge in [0.1, 0.15) is 58.2 Å². The van der Waals surface area contributed by atoms with Crippen LogP contribution in [0.5, 0.6) is 0 Å². The molecule has 24 nitrogen and oxygen atoms in total. The lowest BCUT2D eigenvalue weighted by molar-refractivity contribution is 0.0706. The summed E-state index contributed by atoms with van der Waals surface area (Å²) in [5.74, 6) is -1.20. The summed E-state index contributed by atoms with van der Waals surface area (Å²) in [5, 5.41) is 14.3. The van der Waals surface area contributed by atoms with E-state index in [1.165, 1.54) is 86.1 Å². The molecule has 0 radical (unpaired) electrons. The summed E-state index contributed by atoms with van der Waals surface area (Å²) in [6.07, 6.45) is 15.0. The van der Waals surface area contributed by atoms with Gasteiger partial charge < -0.3 is 78.7 Å². The molecule has 4 aromatic heterocycles. The van der Waals surface area contributed by atoms with Crippen LogP contribution in [0, 0.1) is 46.7 Å². The Hall–Kier alpha value is -11.2. The molecule has 0 spiro atoms. The molecule has 30 heteroatoms. The van der Waals surface area contributed by atoms with Crippen LogP contribution in [0.15, 0.2) is 158 Å². The quantitative estimate of drug-likeness (QED) is 0.0206. The van der Waals surface area contributed by atoms with Crippen LogP contribution in [0.1, 0.15) is 274 Å². The second kappa shape index (κ2) is 60.0. The minimum Gasteiger partial charge on any atom is -0.331 e. The van der Waals surface area contributed by atoms with Crippen LogP contribution in [0.25, 0.3) is 44.1 Å². The number of hydrogen-bond acceptors (Lipinski definition) is 16. The van der Waals surface area contributed by atoms with Gasteiger partial charge in [0.15, 0.2) is 0 Å². The van der Waals surface area contributed by atoms with Crippen molar-refractivity contribution in [2.75, 3.05) is 119 Å². The van der Waals surface area contributed by atoms with Gasteiger partial charge in [-0.05, 0) is 338 Å². The molecule has 0 bridgehead atoms. The summed E-state index contributed by atoms with van der Waals surface area (Å²) in [5.41, 5.74) is 12.9. The summed E-state index contributed by atoms with van der Waals surface area (Å²) in [6.45, 7) is 52.0. The van der Waals surface area contributed by atoms with E-state index in [1.54, 1.807) is 43.9 Å². The van der Waals surface area contributed by atoms with Crippen molar-refractivity contribution in [3.63, 3.8) is 0 Å². The van der Waals surface area contributed by atoms with Gasteiger partial charge in [0.2, 0.25) is 0 Å². The predicted molar refractivity (Wildman–Crippen MR) is 587 cm³/mol. The Labute approximate surface area is 875 Å². The molecule has 8 aromatic carbocycles. The number of hydrogen-bond donors (Lipinski definition) is 4. The minimum absolute atomic E-state index is 0.154. The molecule has 2 fully saturated rings. The number of imidazole rings is 4. The molecule has 2 unspecified atom stereocenters. The lowest BCUT2D eigenvalue weighted by Crippen LogP contribution is -2.35. The van der Waals surface area contributed by atoms with Crippen molar-refractivity contribution < 1.29 is 45.5 Å². The van der Waals surface area contributed by atoms with Crippen molar-refractivity contribution in [3.05, 3.63) is 260 Å². The van der Waals surface area contributed by atoms with Crippen LogP contribution in [0.4, 0.5) is 26.3 Å². The third-order valence-electron chi connectivity index (χ3n) is 27.9. The van der Waals surface area contributed by atoms with Gasteiger partial charge in [0.25, 0.3) is 23.6 Å². The number of amides is 4. The number of nitrogens with zero attached hydrogens (tertiary/aromatic N) is 16. The third-order valence-corrected chi connectivity index (χ3v) is 27.9. The zero-order valence-corrected chi connectivity index (χ0v) is 91.1. The number of benzene rings is 8. The first kappa shape index (κ1) is 117. The summed E-state index contributed by atoms with van der Waals surface area (Å²) in [4.78, 5) is 89.3. The lowest BCUT2D eigenvalue weighted by atomic mass is 10.1. The second-order valence-corrected chi connectivity index (χ2v) is 40.5. The van der Waals surface area contributed by atoms with Gasteiger partial charge in [0, 0.05) is 102 Å². The fraction of sp³-hybridized carbons (Fsp3) is 0.525. The summed E-state index contributed by atoms with van der Waals surface area (Å²) < 4.78 is 92.7. The lowest BCUT2D eigenvalue weighted by Gasteiger charge is -2.25. The highest BCUT2D eigenvalue weighted by atomic mass is 19.1. The van der Waals surface area contributed by atoms with Gasteiger partial charge in [-0.25, -0.2) is 46.3 Å². The van der Waals surface area contributed by atoms with E-state index in [0.717, 1.165) is 279 Å². The van der Waals surface area contributed by atoms with E-state index in [0.29, 0.717) is 68.9 Å². The van der Waals surface area contributed by atoms with E-state index < -0.39 is 46.7 Å². The number of halogens is 6. The van der Waals surface area contributed by atoms with Crippen LogP contribution >= 0.6 is 0 Å². The Balaban J connectivity index is 0.000000187. The highest BCUT2D eigenvalue weighted by Gasteiger charge is 2.30. The molecule has 2 atom stereocenters. The molecule has 4 amide bonds. The average Bonchev–Trinajstić information content (AvgIpc) is 1.65. The standard InChI is InChI=1S/C30H41F2N5O.C30H42FN5O.C29H41F2N5O.C29H42FN5O/c1-5-14-37-28-11-8-22(18-33-13-12-24-7-6-15-35(24)4)16-27(28)34-29(37)20-36(19-21(2)3)30(38)25-17-23(31)9-10-26(25)32;1-5-15-36-28-12-11-23(19-32-14-13-26-10-7-16-34(26)4)17-27(28)33-29(36)21-35(20-22(2)3)30(37)24-8-6-9-25(31)18-24;1-5-15-35(29(37)24-19-23(30)11-12-25(24)31)21-28-33-26-18-22(10-13-27(26)36(28)16-6-2)20-32-14-9-17-34(7-3)8-4;1-5-16-34(29(36)24-11-9-12-25(30)20-24)22-28-32-26-19-23(13-14-27(26)35(28)17-6-2)21-31-15-10-18-33(7-3)8-4/h8-11,16-17,21,24,33H,5-7,12-15,18-20H2,1-4H3;6,8-9,11-12,17-18,22,26,32H,5,7,10,13-16,19-21H2,1-4H3;10-13,18-19,32H,5-9,14-17,20-21H2,1-4H3;9,11-14,19-20,31H,5-8,10,15-18,21-22H2,1-4H3. The number of carbonyl (C=O) groups is 4. The zero-order valence-electron chi connectivity index (χ0n) is 91.1.